The van der Waals surface area contributed by atoms with E-state index in [-0.39, 0.29) is 6.04 Å². The van der Waals surface area contributed by atoms with Crippen molar-refractivity contribution in [3.8, 4) is 0 Å². The molecule has 1 atom stereocenters. The highest BCUT2D eigenvalue weighted by Gasteiger charge is 2.43. The van der Waals surface area contributed by atoms with E-state index in [9.17, 15) is 0 Å². The van der Waals surface area contributed by atoms with E-state index in [0.29, 0.717) is 26.4 Å². The molecule has 0 rings (SSSR count). The first kappa shape index (κ1) is 17.0. The van der Waals surface area contributed by atoms with Gasteiger partial charge in [-0.05, 0) is 27.2 Å². The summed E-state index contributed by atoms with van der Waals surface area (Å²) in [4.78, 5) is 3.37. The Morgan fingerprint density at radius 1 is 1.00 bits per heavy atom. The lowest BCUT2D eigenvalue weighted by molar-refractivity contribution is 0.0559. The first-order valence-electron chi connectivity index (χ1n) is 6.57. The van der Waals surface area contributed by atoms with Crippen LogP contribution in [0.3, 0.4) is 0 Å². The zero-order valence-electron chi connectivity index (χ0n) is 11.6. The van der Waals surface area contributed by atoms with Crippen molar-refractivity contribution in [3.05, 3.63) is 0 Å². The smallest absolute Gasteiger partial charge is 0.361 e. The zero-order chi connectivity index (χ0) is 13.1. The predicted octanol–water partition coefficient (Wildman–Crippen LogP) is 1.25. The van der Waals surface area contributed by atoms with Gasteiger partial charge in [0.05, 0.1) is 0 Å². The number of hydrogen-bond donors (Lipinski definition) is 2. The molecule has 0 aliphatic heterocycles. The van der Waals surface area contributed by atoms with Gasteiger partial charge in [-0.25, -0.2) is 0 Å². The summed E-state index contributed by atoms with van der Waals surface area (Å²) in [6, 6.07) is 0.191. The molecule has 1 unspecified atom stereocenters. The first-order valence-corrected chi connectivity index (χ1v) is 8.29. The Labute approximate surface area is 106 Å². The molecule has 0 spiro atoms. The van der Waals surface area contributed by atoms with Gasteiger partial charge < -0.3 is 19.0 Å². The summed E-state index contributed by atoms with van der Waals surface area (Å²) in [5.74, 6) is 0. The molecule has 0 saturated heterocycles. The Hall–Kier alpha value is 0.0169. The van der Waals surface area contributed by atoms with E-state index in [0.717, 1.165) is 12.8 Å². The molecule has 5 nitrogen and oxygen atoms in total. The van der Waals surface area contributed by atoms with Crippen LogP contribution in [0, 0.1) is 0 Å². The van der Waals surface area contributed by atoms with E-state index >= 15 is 0 Å². The third-order valence-electron chi connectivity index (χ3n) is 2.31. The van der Waals surface area contributed by atoms with Gasteiger partial charge in [0.25, 0.3) is 0 Å². The van der Waals surface area contributed by atoms with Crippen molar-refractivity contribution in [3.63, 3.8) is 0 Å². The van der Waals surface area contributed by atoms with Gasteiger partial charge in [-0.3, -0.25) is 4.98 Å². The van der Waals surface area contributed by atoms with Crippen LogP contribution < -0.4 is 10.7 Å². The molecule has 0 radical (unpaired) electrons. The van der Waals surface area contributed by atoms with Crippen molar-refractivity contribution in [2.24, 2.45) is 5.73 Å². The SMILES string of the molecule is CCCC(CN)N[Si](OCC)(OCC)OCC. The molecule has 0 fully saturated rings. The molecule has 0 aromatic rings. The molecule has 0 heterocycles. The summed E-state index contributed by atoms with van der Waals surface area (Å²) in [7, 11) is -2.75. The third-order valence-corrected chi connectivity index (χ3v) is 5.07. The molecule has 0 amide bonds. The molecule has 104 valence electrons. The fraction of sp³-hybridized carbons (Fsp3) is 1.00. The van der Waals surface area contributed by atoms with Gasteiger partial charge >= 0.3 is 8.97 Å². The summed E-state index contributed by atoms with van der Waals surface area (Å²) in [5, 5.41) is 0. The largest absolute Gasteiger partial charge is 0.597 e. The van der Waals surface area contributed by atoms with Crippen LogP contribution in [0.1, 0.15) is 40.5 Å². The average Bonchev–Trinajstić information content (AvgIpc) is 2.29. The van der Waals surface area contributed by atoms with Gasteiger partial charge in [0.1, 0.15) is 0 Å². The highest BCUT2D eigenvalue weighted by molar-refractivity contribution is 6.58. The number of nitrogens with one attached hydrogen (secondary N) is 1. The Morgan fingerprint density at radius 3 is 1.76 bits per heavy atom. The molecule has 6 heteroatoms. The van der Waals surface area contributed by atoms with Crippen LogP contribution in [0.2, 0.25) is 0 Å². The Kier molecular flexibility index (Phi) is 10.00. The molecule has 17 heavy (non-hydrogen) atoms. The van der Waals surface area contributed by atoms with E-state index in [1.54, 1.807) is 0 Å². The van der Waals surface area contributed by atoms with Crippen molar-refractivity contribution in [1.82, 2.24) is 4.98 Å². The lowest BCUT2D eigenvalue weighted by Crippen LogP contribution is -2.63. The van der Waals surface area contributed by atoms with Crippen LogP contribution in [0.4, 0.5) is 0 Å². The van der Waals surface area contributed by atoms with Crippen molar-refractivity contribution < 1.29 is 13.3 Å². The van der Waals surface area contributed by atoms with E-state index in [1.165, 1.54) is 0 Å². The topological polar surface area (TPSA) is 65.7 Å². The van der Waals surface area contributed by atoms with Gasteiger partial charge in [0, 0.05) is 32.4 Å². The predicted molar refractivity (Wildman–Crippen MR) is 71.5 cm³/mol. The quantitative estimate of drug-likeness (QED) is 0.550. The van der Waals surface area contributed by atoms with Crippen LogP contribution in [0.5, 0.6) is 0 Å². The maximum absolute atomic E-state index is 5.75. The summed E-state index contributed by atoms with van der Waals surface area (Å²) >= 11 is 0. The molecular formula is C11H28N2O3Si. The Balaban J connectivity index is 4.59. The van der Waals surface area contributed by atoms with Crippen LogP contribution in [-0.2, 0) is 13.3 Å². The van der Waals surface area contributed by atoms with Crippen molar-refractivity contribution in [1.29, 1.82) is 0 Å². The first-order chi connectivity index (χ1) is 8.17. The average molecular weight is 264 g/mol. The normalized spacial score (nSPS) is 13.9. The van der Waals surface area contributed by atoms with E-state index < -0.39 is 8.97 Å². The highest BCUT2D eigenvalue weighted by atomic mass is 28.4. The van der Waals surface area contributed by atoms with E-state index in [4.69, 9.17) is 19.0 Å². The molecule has 0 saturated carbocycles. The van der Waals surface area contributed by atoms with E-state index in [2.05, 4.69) is 11.9 Å². The molecule has 3 N–H and O–H groups in total. The Morgan fingerprint density at radius 2 is 1.47 bits per heavy atom. The molecular weight excluding hydrogens is 236 g/mol. The maximum Gasteiger partial charge on any atom is 0.597 e. The fourth-order valence-electron chi connectivity index (χ4n) is 1.67. The lowest BCUT2D eigenvalue weighted by Gasteiger charge is -2.31. The molecule has 0 aromatic carbocycles. The second-order valence-corrected chi connectivity index (χ2v) is 5.99. The second-order valence-electron chi connectivity index (χ2n) is 3.72. The standard InChI is InChI=1S/C11H28N2O3Si/c1-5-9-11(10-12)13-17(14-6-2,15-7-3)16-8-4/h11,13H,5-10,12H2,1-4H3. The van der Waals surface area contributed by atoms with E-state index in [1.807, 2.05) is 20.8 Å². The van der Waals surface area contributed by atoms with Gasteiger partial charge in [0.2, 0.25) is 0 Å². The minimum absolute atomic E-state index is 0.191. The fourth-order valence-corrected chi connectivity index (χ4v) is 4.07. The molecule has 0 aliphatic carbocycles. The molecule has 0 aromatic heterocycles. The maximum atomic E-state index is 5.75. The van der Waals surface area contributed by atoms with Crippen LogP contribution >= 0.6 is 0 Å². The highest BCUT2D eigenvalue weighted by Crippen LogP contribution is 2.09. The lowest BCUT2D eigenvalue weighted by atomic mass is 10.2. The van der Waals surface area contributed by atoms with Crippen molar-refractivity contribution in [2.75, 3.05) is 26.4 Å². The summed E-state index contributed by atoms with van der Waals surface area (Å²) in [5.41, 5.74) is 5.75. The summed E-state index contributed by atoms with van der Waals surface area (Å²) in [6.07, 6.45) is 2.07. The van der Waals surface area contributed by atoms with Crippen LogP contribution in [0.25, 0.3) is 0 Å². The minimum atomic E-state index is -2.75. The monoisotopic (exact) mass is 264 g/mol. The van der Waals surface area contributed by atoms with Crippen molar-refractivity contribution >= 4 is 8.97 Å². The number of hydrogen-bond acceptors (Lipinski definition) is 5. The van der Waals surface area contributed by atoms with Gasteiger partial charge in [-0.15, -0.1) is 0 Å². The summed E-state index contributed by atoms with van der Waals surface area (Å²) in [6.45, 7) is 10.2. The molecule has 0 bridgehead atoms. The minimum Gasteiger partial charge on any atom is -0.361 e. The molecule has 0 aliphatic rings. The number of rotatable bonds is 11. The van der Waals surface area contributed by atoms with Crippen LogP contribution in [-0.4, -0.2) is 41.4 Å². The Bertz CT molecular complexity index is 167. The van der Waals surface area contributed by atoms with Crippen molar-refractivity contribution in [2.45, 2.75) is 46.6 Å². The van der Waals surface area contributed by atoms with Gasteiger partial charge in [-0.1, -0.05) is 13.3 Å². The third kappa shape index (κ3) is 6.49. The second kappa shape index (κ2) is 9.99. The van der Waals surface area contributed by atoms with Crippen LogP contribution in [0.15, 0.2) is 0 Å². The zero-order valence-corrected chi connectivity index (χ0v) is 12.6. The van der Waals surface area contributed by atoms with Gasteiger partial charge in [0.15, 0.2) is 0 Å². The number of nitrogens with two attached hydrogens (primary N) is 1. The van der Waals surface area contributed by atoms with Gasteiger partial charge in [-0.2, -0.15) is 0 Å². The summed E-state index contributed by atoms with van der Waals surface area (Å²) < 4.78 is 17.2.